The average Bonchev–Trinajstić information content (AvgIpc) is 2.90. The minimum atomic E-state index is 0.0667. The van der Waals surface area contributed by atoms with Crippen molar-refractivity contribution in [2.24, 2.45) is 5.92 Å². The van der Waals surface area contributed by atoms with Crippen molar-refractivity contribution in [2.75, 3.05) is 0 Å². The molecule has 1 aliphatic rings. The van der Waals surface area contributed by atoms with Crippen molar-refractivity contribution in [3.05, 3.63) is 28.8 Å². The maximum Gasteiger partial charge on any atom is 0.165 e. The van der Waals surface area contributed by atoms with E-state index < -0.39 is 0 Å². The molecule has 0 aliphatic heterocycles. The molecular weight excluding hydrogens is 278 g/mol. The maximum atomic E-state index is 12.6. The first kappa shape index (κ1) is 14.7. The van der Waals surface area contributed by atoms with Gasteiger partial charge in [-0.05, 0) is 31.0 Å². The first-order valence-electron chi connectivity index (χ1n) is 7.90. The second-order valence-electron chi connectivity index (χ2n) is 7.15. The summed E-state index contributed by atoms with van der Waals surface area (Å²) in [7, 11) is 0. The standard InChI is InChI=1S/C18H23NOS/c1-18(2,3)17-19-14-10-9-13(11-15(14)21-17)16(20)12-7-5-4-6-8-12/h9-12H,4-8H2,1-3H3. The second kappa shape index (κ2) is 5.53. The Labute approximate surface area is 130 Å². The third-order valence-electron chi connectivity index (χ3n) is 4.29. The Balaban J connectivity index is 1.91. The predicted molar refractivity (Wildman–Crippen MR) is 89.2 cm³/mol. The molecule has 21 heavy (non-hydrogen) atoms. The van der Waals surface area contributed by atoms with Crippen LogP contribution in [0.5, 0.6) is 0 Å². The Morgan fingerprint density at radius 2 is 1.90 bits per heavy atom. The molecular formula is C18H23NOS. The first-order valence-corrected chi connectivity index (χ1v) is 8.72. The molecule has 2 nitrogen and oxygen atoms in total. The smallest absolute Gasteiger partial charge is 0.165 e. The molecule has 1 heterocycles. The van der Waals surface area contributed by atoms with Crippen LogP contribution in [-0.2, 0) is 5.41 Å². The van der Waals surface area contributed by atoms with Gasteiger partial charge in [-0.15, -0.1) is 11.3 Å². The Hall–Kier alpha value is -1.22. The van der Waals surface area contributed by atoms with Gasteiger partial charge in [0.05, 0.1) is 15.2 Å². The van der Waals surface area contributed by atoms with Crippen molar-refractivity contribution in [3.8, 4) is 0 Å². The van der Waals surface area contributed by atoms with Crippen LogP contribution in [-0.4, -0.2) is 10.8 Å². The van der Waals surface area contributed by atoms with Crippen LogP contribution in [0.3, 0.4) is 0 Å². The molecule has 1 aliphatic carbocycles. The minimum absolute atomic E-state index is 0.0667. The maximum absolute atomic E-state index is 12.6. The fourth-order valence-corrected chi connectivity index (χ4v) is 4.06. The van der Waals surface area contributed by atoms with E-state index >= 15 is 0 Å². The number of aromatic nitrogens is 1. The molecule has 3 heteroatoms. The number of Topliss-reactive ketones (excluding diaryl/α,β-unsaturated/α-hetero) is 1. The zero-order valence-corrected chi connectivity index (χ0v) is 13.9. The molecule has 0 unspecified atom stereocenters. The van der Waals surface area contributed by atoms with E-state index in [4.69, 9.17) is 4.98 Å². The zero-order valence-electron chi connectivity index (χ0n) is 13.1. The van der Waals surface area contributed by atoms with E-state index in [0.717, 1.165) is 33.6 Å². The molecule has 0 radical (unpaired) electrons. The number of thiazole rings is 1. The summed E-state index contributed by atoms with van der Waals surface area (Å²) in [6, 6.07) is 6.03. The van der Waals surface area contributed by atoms with Gasteiger partial charge < -0.3 is 0 Å². The van der Waals surface area contributed by atoms with Crippen molar-refractivity contribution in [1.29, 1.82) is 0 Å². The Morgan fingerprint density at radius 1 is 1.19 bits per heavy atom. The van der Waals surface area contributed by atoms with Crippen LogP contribution in [0.25, 0.3) is 10.2 Å². The van der Waals surface area contributed by atoms with E-state index in [-0.39, 0.29) is 11.3 Å². The summed E-state index contributed by atoms with van der Waals surface area (Å²) in [6.45, 7) is 6.54. The molecule has 1 aromatic carbocycles. The fraction of sp³-hybridized carbons (Fsp3) is 0.556. The van der Waals surface area contributed by atoms with E-state index in [1.165, 1.54) is 19.3 Å². The number of carbonyl (C=O) groups is 1. The zero-order chi connectivity index (χ0) is 15.0. The van der Waals surface area contributed by atoms with Crippen molar-refractivity contribution in [3.63, 3.8) is 0 Å². The van der Waals surface area contributed by atoms with Crippen LogP contribution >= 0.6 is 11.3 Å². The summed E-state index contributed by atoms with van der Waals surface area (Å²) in [5, 5.41) is 1.14. The highest BCUT2D eigenvalue weighted by molar-refractivity contribution is 7.18. The molecule has 0 atom stereocenters. The molecule has 112 valence electrons. The van der Waals surface area contributed by atoms with E-state index in [0.29, 0.717) is 5.78 Å². The quantitative estimate of drug-likeness (QED) is 0.699. The van der Waals surface area contributed by atoms with Crippen LogP contribution in [0.2, 0.25) is 0 Å². The van der Waals surface area contributed by atoms with Crippen LogP contribution in [0, 0.1) is 5.92 Å². The van der Waals surface area contributed by atoms with Gasteiger partial charge in [-0.3, -0.25) is 4.79 Å². The van der Waals surface area contributed by atoms with E-state index in [2.05, 4.69) is 26.8 Å². The van der Waals surface area contributed by atoms with Crippen molar-refractivity contribution >= 4 is 27.3 Å². The normalized spacial score (nSPS) is 17.3. The molecule has 0 N–H and O–H groups in total. The average molecular weight is 301 g/mol. The number of ketones is 1. The van der Waals surface area contributed by atoms with Gasteiger partial charge in [0.25, 0.3) is 0 Å². The van der Waals surface area contributed by atoms with Gasteiger partial charge in [-0.1, -0.05) is 40.0 Å². The molecule has 0 spiro atoms. The summed E-state index contributed by atoms with van der Waals surface area (Å²) in [4.78, 5) is 17.3. The summed E-state index contributed by atoms with van der Waals surface area (Å²) < 4.78 is 1.14. The third kappa shape index (κ3) is 3.03. The van der Waals surface area contributed by atoms with Gasteiger partial charge in [-0.2, -0.15) is 0 Å². The van der Waals surface area contributed by atoms with Crippen molar-refractivity contribution in [2.45, 2.75) is 58.3 Å². The lowest BCUT2D eigenvalue weighted by Crippen LogP contribution is -2.17. The second-order valence-corrected chi connectivity index (χ2v) is 8.18. The third-order valence-corrected chi connectivity index (χ3v) is 5.73. The number of fused-ring (bicyclic) bond motifs is 1. The Morgan fingerprint density at radius 3 is 2.57 bits per heavy atom. The Bertz CT molecular complexity index is 659. The van der Waals surface area contributed by atoms with E-state index in [1.54, 1.807) is 11.3 Å². The van der Waals surface area contributed by atoms with Crippen LogP contribution in [0.15, 0.2) is 18.2 Å². The van der Waals surface area contributed by atoms with Crippen LogP contribution < -0.4 is 0 Å². The van der Waals surface area contributed by atoms with Crippen LogP contribution in [0.4, 0.5) is 0 Å². The monoisotopic (exact) mass is 301 g/mol. The van der Waals surface area contributed by atoms with Gasteiger partial charge in [-0.25, -0.2) is 4.98 Å². The van der Waals surface area contributed by atoms with Crippen molar-refractivity contribution in [1.82, 2.24) is 4.98 Å². The molecule has 1 aromatic heterocycles. The van der Waals surface area contributed by atoms with Gasteiger partial charge in [0.15, 0.2) is 5.78 Å². The lowest BCUT2D eigenvalue weighted by Gasteiger charge is -2.20. The number of hydrogen-bond donors (Lipinski definition) is 0. The van der Waals surface area contributed by atoms with Crippen molar-refractivity contribution < 1.29 is 4.79 Å². The lowest BCUT2D eigenvalue weighted by atomic mass is 9.84. The molecule has 0 amide bonds. The van der Waals surface area contributed by atoms with Gasteiger partial charge in [0, 0.05) is 16.9 Å². The largest absolute Gasteiger partial charge is 0.294 e. The predicted octanol–water partition coefficient (Wildman–Crippen LogP) is 5.36. The number of rotatable bonds is 2. The number of carbonyl (C=O) groups excluding carboxylic acids is 1. The molecule has 0 saturated heterocycles. The Kier molecular flexibility index (Phi) is 3.87. The molecule has 1 saturated carbocycles. The van der Waals surface area contributed by atoms with Gasteiger partial charge in [0.1, 0.15) is 0 Å². The van der Waals surface area contributed by atoms with E-state index in [9.17, 15) is 4.79 Å². The van der Waals surface area contributed by atoms with E-state index in [1.807, 2.05) is 12.1 Å². The molecule has 2 aromatic rings. The molecule has 1 fully saturated rings. The minimum Gasteiger partial charge on any atom is -0.294 e. The topological polar surface area (TPSA) is 30.0 Å². The highest BCUT2D eigenvalue weighted by atomic mass is 32.1. The van der Waals surface area contributed by atoms with Gasteiger partial charge >= 0.3 is 0 Å². The summed E-state index contributed by atoms with van der Waals surface area (Å²) >= 11 is 1.72. The van der Waals surface area contributed by atoms with Crippen LogP contribution in [0.1, 0.15) is 68.2 Å². The summed E-state index contributed by atoms with van der Waals surface area (Å²) in [5.41, 5.74) is 1.96. The lowest BCUT2D eigenvalue weighted by molar-refractivity contribution is 0.0889. The SMILES string of the molecule is CC(C)(C)c1nc2ccc(C(=O)C3CCCCC3)cc2s1. The number of benzene rings is 1. The highest BCUT2D eigenvalue weighted by Gasteiger charge is 2.23. The summed E-state index contributed by atoms with van der Waals surface area (Å²) in [6.07, 6.45) is 5.81. The number of hydrogen-bond acceptors (Lipinski definition) is 3. The first-order chi connectivity index (χ1) is 9.95. The summed E-state index contributed by atoms with van der Waals surface area (Å²) in [5.74, 6) is 0.577. The molecule has 0 bridgehead atoms. The number of nitrogens with zero attached hydrogens (tertiary/aromatic N) is 1. The fourth-order valence-electron chi connectivity index (χ4n) is 3.00. The highest BCUT2D eigenvalue weighted by Crippen LogP contribution is 2.33. The van der Waals surface area contributed by atoms with Gasteiger partial charge in [0.2, 0.25) is 0 Å². The molecule has 3 rings (SSSR count).